The first-order valence-corrected chi connectivity index (χ1v) is 22.2. The molecule has 6 aromatic rings. The van der Waals surface area contributed by atoms with Crippen LogP contribution in [0.4, 0.5) is 47.3 Å². The summed E-state index contributed by atoms with van der Waals surface area (Å²) in [4.78, 5) is 33.2. The summed E-state index contributed by atoms with van der Waals surface area (Å²) in [5.41, 5.74) is 3.63. The zero-order valence-corrected chi connectivity index (χ0v) is 35.9. The van der Waals surface area contributed by atoms with Crippen molar-refractivity contribution < 1.29 is 53.2 Å². The number of carbonyl (C=O) groups is 2. The molecule has 2 aliphatic heterocycles. The summed E-state index contributed by atoms with van der Waals surface area (Å²) in [7, 11) is -3.33. The molecular weight excluding hydrogens is 899 g/mol. The number of amides is 4. The first-order valence-electron chi connectivity index (χ1n) is 20.3. The highest BCUT2D eigenvalue weighted by Crippen LogP contribution is 2.32. The van der Waals surface area contributed by atoms with Crippen LogP contribution in [0.5, 0.6) is 0 Å². The lowest BCUT2D eigenvalue weighted by atomic mass is 10.1. The number of sulfonamides is 1. The molecule has 2 saturated heterocycles. The van der Waals surface area contributed by atoms with Crippen LogP contribution in [0.1, 0.15) is 22.9 Å². The summed E-state index contributed by atoms with van der Waals surface area (Å²) in [6.45, 7) is 4.18. The predicted octanol–water partition coefficient (Wildman–Crippen LogP) is 7.25. The summed E-state index contributed by atoms with van der Waals surface area (Å²) in [6.07, 6.45) is -8.27. The maximum Gasteiger partial charge on any atom is 0.470 e. The van der Waals surface area contributed by atoms with Crippen LogP contribution in [-0.2, 0) is 35.5 Å². The number of alkyl halides is 6. The van der Waals surface area contributed by atoms with Gasteiger partial charge >= 0.3 is 36.2 Å². The normalized spacial score (nSPS) is 14.9. The van der Waals surface area contributed by atoms with Crippen molar-refractivity contribution in [1.29, 1.82) is 0 Å². The molecule has 0 aliphatic carbocycles. The number of piperazine rings is 2. The van der Waals surface area contributed by atoms with E-state index in [4.69, 9.17) is 8.83 Å². The molecule has 4 heterocycles. The Kier molecular flexibility index (Phi) is 14.4. The van der Waals surface area contributed by atoms with Crippen molar-refractivity contribution in [2.75, 3.05) is 68.4 Å². The van der Waals surface area contributed by atoms with Crippen LogP contribution in [0.15, 0.2) is 118 Å². The Balaban J connectivity index is 0.000000198. The van der Waals surface area contributed by atoms with Crippen LogP contribution in [-0.4, -0.2) is 114 Å². The Morgan fingerprint density at radius 1 is 0.576 bits per heavy atom. The number of benzene rings is 4. The zero-order valence-electron chi connectivity index (χ0n) is 35.1. The smallest absolute Gasteiger partial charge is 0.413 e. The Morgan fingerprint density at radius 3 is 1.30 bits per heavy atom. The summed E-state index contributed by atoms with van der Waals surface area (Å²) >= 11 is 0. The summed E-state index contributed by atoms with van der Waals surface area (Å²) in [6, 6.07) is 31.0. The van der Waals surface area contributed by atoms with E-state index < -0.39 is 34.2 Å². The number of para-hydroxylation sites is 2. The van der Waals surface area contributed by atoms with Gasteiger partial charge < -0.3 is 24.0 Å². The van der Waals surface area contributed by atoms with Gasteiger partial charge in [0.1, 0.15) is 0 Å². The fraction of sp³-hybridized carbons (Fsp3) is 0.302. The number of aromatic nitrogens is 4. The monoisotopic (exact) mass is 940 g/mol. The van der Waals surface area contributed by atoms with Crippen molar-refractivity contribution in [3.63, 3.8) is 0 Å². The molecule has 2 aromatic heterocycles. The van der Waals surface area contributed by atoms with E-state index in [2.05, 4.69) is 25.7 Å². The quantitative estimate of drug-likeness (QED) is 0.145. The lowest BCUT2D eigenvalue weighted by Crippen LogP contribution is -2.53. The second-order valence-electron chi connectivity index (χ2n) is 15.0. The van der Waals surface area contributed by atoms with E-state index in [0.717, 1.165) is 36.2 Å². The van der Waals surface area contributed by atoms with E-state index >= 15 is 0 Å². The fourth-order valence-corrected chi connectivity index (χ4v) is 7.77. The number of hydrogen-bond acceptors (Lipinski definition) is 11. The second-order valence-corrected chi connectivity index (χ2v) is 17.0. The highest BCUT2D eigenvalue weighted by molar-refractivity contribution is 7.88. The number of carbonyl (C=O) groups excluding carboxylic acids is 2. The number of nitrogens with zero attached hydrogens (tertiary/aromatic N) is 9. The van der Waals surface area contributed by atoms with Crippen LogP contribution in [0.2, 0.25) is 0 Å². The lowest BCUT2D eigenvalue weighted by molar-refractivity contribution is -0.157. The average molecular weight is 941 g/mol. The van der Waals surface area contributed by atoms with Gasteiger partial charge in [-0.15, -0.1) is 20.4 Å². The van der Waals surface area contributed by atoms with Crippen molar-refractivity contribution in [2.45, 2.75) is 25.4 Å². The van der Waals surface area contributed by atoms with E-state index in [0.29, 0.717) is 36.4 Å². The molecule has 0 bridgehead atoms. The molecule has 1 N–H and O–H groups in total. The standard InChI is InChI=1S/C22H22F3N5O4S.C21H20F3N5O2/c1-35(32,33)29-13-11-28(12-14-29)21(31)30(18-5-3-2-4-6-18)15-16-7-9-17(10-8-16)19-26-27-20(34-19)22(23,24)25;22-21(23,24)19-27-26-18(31-19)16-8-6-15(7-9-16)14-29(17-4-2-1-3-5-17)20(30)28-12-10-25-11-13-28/h2-10H,11-15H2,1H3;1-9,25H,10-14H2. The van der Waals surface area contributed by atoms with E-state index in [1.165, 1.54) is 4.31 Å². The molecule has 348 valence electrons. The minimum Gasteiger partial charge on any atom is -0.413 e. The first-order chi connectivity index (χ1) is 31.4. The van der Waals surface area contributed by atoms with Gasteiger partial charge in [-0.25, -0.2) is 18.0 Å². The molecule has 2 fully saturated rings. The minimum atomic E-state index is -4.73. The van der Waals surface area contributed by atoms with Crippen LogP contribution in [0.3, 0.4) is 0 Å². The van der Waals surface area contributed by atoms with Crippen molar-refractivity contribution in [1.82, 2.24) is 39.8 Å². The summed E-state index contributed by atoms with van der Waals surface area (Å²) in [5, 5.41) is 16.2. The largest absolute Gasteiger partial charge is 0.470 e. The number of halogens is 6. The van der Waals surface area contributed by atoms with Gasteiger partial charge in [0.2, 0.25) is 21.8 Å². The minimum absolute atomic E-state index is 0.0940. The van der Waals surface area contributed by atoms with Crippen LogP contribution in [0, 0.1) is 0 Å². The van der Waals surface area contributed by atoms with Crippen molar-refractivity contribution in [2.24, 2.45) is 0 Å². The van der Waals surface area contributed by atoms with Crippen LogP contribution >= 0.6 is 0 Å². The number of urea groups is 2. The Bertz CT molecular complexity index is 2660. The number of anilines is 2. The van der Waals surface area contributed by atoms with Crippen molar-refractivity contribution in [3.8, 4) is 22.9 Å². The fourth-order valence-electron chi connectivity index (χ4n) is 6.94. The zero-order chi connectivity index (χ0) is 47.1. The molecule has 4 amide bonds. The molecule has 8 rings (SSSR count). The lowest BCUT2D eigenvalue weighted by Gasteiger charge is -2.36. The second kappa shape index (κ2) is 20.1. The van der Waals surface area contributed by atoms with Crippen LogP contribution in [0.25, 0.3) is 22.9 Å². The summed E-state index contributed by atoms with van der Waals surface area (Å²) < 4.78 is 111. The topological polar surface area (TPSA) is 174 Å². The van der Waals surface area contributed by atoms with Gasteiger partial charge in [0.25, 0.3) is 0 Å². The predicted molar refractivity (Wildman–Crippen MR) is 228 cm³/mol. The van der Waals surface area contributed by atoms with Gasteiger partial charge in [0, 0.05) is 74.9 Å². The SMILES string of the molecule is CS(=O)(=O)N1CCN(C(=O)N(Cc2ccc(-c3nnc(C(F)(F)F)o3)cc2)c2ccccc2)CC1.O=C(N1CCNCC1)N(Cc1ccc(-c2nnc(C(F)(F)F)o2)cc1)c1ccccc1. The molecule has 66 heavy (non-hydrogen) atoms. The Morgan fingerprint density at radius 2 is 0.955 bits per heavy atom. The van der Waals surface area contributed by atoms with Gasteiger partial charge in [-0.3, -0.25) is 9.80 Å². The number of rotatable bonds is 9. The Labute approximate surface area is 374 Å². The highest BCUT2D eigenvalue weighted by Gasteiger charge is 2.39. The van der Waals surface area contributed by atoms with Gasteiger partial charge in [-0.2, -0.15) is 30.6 Å². The molecule has 0 unspecified atom stereocenters. The molecule has 0 atom stereocenters. The molecule has 16 nitrogen and oxygen atoms in total. The van der Waals surface area contributed by atoms with E-state index in [9.17, 15) is 44.3 Å². The first kappa shape index (κ1) is 47.1. The third-order valence-corrected chi connectivity index (χ3v) is 11.7. The maximum atomic E-state index is 13.4. The van der Waals surface area contributed by atoms with Crippen molar-refractivity contribution >= 4 is 33.5 Å². The number of nitrogens with one attached hydrogen (secondary N) is 1. The summed E-state index contributed by atoms with van der Waals surface area (Å²) in [5.74, 6) is -3.28. The van der Waals surface area contributed by atoms with Crippen LogP contribution < -0.4 is 15.1 Å². The highest BCUT2D eigenvalue weighted by atomic mass is 32.2. The van der Waals surface area contributed by atoms with Gasteiger partial charge in [-0.1, -0.05) is 60.7 Å². The number of hydrogen-bond donors (Lipinski definition) is 1. The van der Waals surface area contributed by atoms with E-state index in [1.807, 2.05) is 36.4 Å². The Hall–Kier alpha value is -6.85. The molecular formula is C43H42F6N10O6S. The van der Waals surface area contributed by atoms with E-state index in [1.54, 1.807) is 92.4 Å². The maximum absolute atomic E-state index is 13.4. The molecule has 0 spiro atoms. The van der Waals surface area contributed by atoms with Gasteiger partial charge in [0.05, 0.1) is 19.3 Å². The van der Waals surface area contributed by atoms with Crippen molar-refractivity contribution in [3.05, 3.63) is 132 Å². The third-order valence-electron chi connectivity index (χ3n) is 10.4. The molecule has 0 saturated carbocycles. The molecule has 2 aliphatic rings. The molecule has 4 aromatic carbocycles. The average Bonchev–Trinajstić information content (AvgIpc) is 4.04. The third kappa shape index (κ3) is 11.9. The van der Waals surface area contributed by atoms with Gasteiger partial charge in [0.15, 0.2) is 0 Å². The van der Waals surface area contributed by atoms with Gasteiger partial charge in [-0.05, 0) is 59.7 Å². The molecule has 23 heteroatoms. The molecule has 0 radical (unpaired) electrons. The van der Waals surface area contributed by atoms with E-state index in [-0.39, 0.29) is 56.6 Å².